The lowest BCUT2D eigenvalue weighted by Crippen LogP contribution is -2.39. The monoisotopic (exact) mass is 471 g/mol. The molecule has 0 unspecified atom stereocenters. The average Bonchev–Trinajstić information content (AvgIpc) is 3.34. The molecule has 0 radical (unpaired) electrons. The van der Waals surface area contributed by atoms with Crippen LogP contribution in [0, 0.1) is 6.92 Å². The molecule has 0 saturated carbocycles. The van der Waals surface area contributed by atoms with Crippen molar-refractivity contribution < 1.29 is 19.1 Å². The number of hydrogen-bond acceptors (Lipinski definition) is 5. The molecule has 1 aliphatic heterocycles. The molecule has 2 amide bonds. The van der Waals surface area contributed by atoms with Crippen LogP contribution in [0.2, 0.25) is 0 Å². The number of hydrazone groups is 1. The van der Waals surface area contributed by atoms with Crippen LogP contribution in [-0.4, -0.2) is 55.2 Å². The van der Waals surface area contributed by atoms with Crippen molar-refractivity contribution in [2.75, 3.05) is 27.8 Å². The van der Waals surface area contributed by atoms with Crippen molar-refractivity contribution in [1.29, 1.82) is 0 Å². The van der Waals surface area contributed by atoms with E-state index in [-0.39, 0.29) is 24.4 Å². The van der Waals surface area contributed by atoms with Crippen LogP contribution in [0.25, 0.3) is 0 Å². The summed E-state index contributed by atoms with van der Waals surface area (Å²) >= 11 is 0. The number of methoxy groups -OCH3 is 2. The number of rotatable bonds is 7. The first-order chi connectivity index (χ1) is 16.9. The van der Waals surface area contributed by atoms with Crippen molar-refractivity contribution in [3.05, 3.63) is 95.1 Å². The number of likely N-dealkylation sites (N-methyl/N-ethyl adjacent to an activating group) is 1. The van der Waals surface area contributed by atoms with Gasteiger partial charge in [0.05, 0.1) is 26.0 Å². The largest absolute Gasteiger partial charge is 0.497 e. The second kappa shape index (κ2) is 10.4. The van der Waals surface area contributed by atoms with E-state index < -0.39 is 0 Å². The second-order valence-electron chi connectivity index (χ2n) is 8.54. The van der Waals surface area contributed by atoms with Crippen LogP contribution < -0.4 is 9.47 Å². The molecule has 0 aromatic heterocycles. The van der Waals surface area contributed by atoms with Gasteiger partial charge in [0.15, 0.2) is 0 Å². The Bertz CT molecular complexity index is 1240. The van der Waals surface area contributed by atoms with Crippen molar-refractivity contribution in [1.82, 2.24) is 9.91 Å². The summed E-state index contributed by atoms with van der Waals surface area (Å²) in [5, 5.41) is 6.22. The molecule has 0 fully saturated rings. The molecule has 0 aliphatic carbocycles. The quantitative estimate of drug-likeness (QED) is 0.510. The Morgan fingerprint density at radius 1 is 0.971 bits per heavy atom. The summed E-state index contributed by atoms with van der Waals surface area (Å²) in [5.41, 5.74) is 4.32. The van der Waals surface area contributed by atoms with Gasteiger partial charge < -0.3 is 14.4 Å². The summed E-state index contributed by atoms with van der Waals surface area (Å²) in [6.45, 7) is 1.93. The molecule has 4 rings (SSSR count). The maximum absolute atomic E-state index is 13.4. The summed E-state index contributed by atoms with van der Waals surface area (Å²) in [6.07, 6.45) is 0.568. The lowest BCUT2D eigenvalue weighted by Gasteiger charge is -2.25. The van der Waals surface area contributed by atoms with Gasteiger partial charge in [-0.15, -0.1) is 0 Å². The highest BCUT2D eigenvalue weighted by molar-refractivity contribution is 6.04. The molecule has 0 N–H and O–H groups in total. The zero-order valence-electron chi connectivity index (χ0n) is 20.4. The highest BCUT2D eigenvalue weighted by Gasteiger charge is 2.34. The van der Waals surface area contributed by atoms with Crippen molar-refractivity contribution >= 4 is 17.5 Å². The third-order valence-electron chi connectivity index (χ3n) is 6.09. The molecule has 1 heterocycles. The highest BCUT2D eigenvalue weighted by Crippen LogP contribution is 2.33. The fourth-order valence-corrected chi connectivity index (χ4v) is 4.07. The molecule has 1 atom stereocenters. The number of carbonyl (C=O) groups excluding carboxylic acids is 2. The molecule has 35 heavy (non-hydrogen) atoms. The number of carbonyl (C=O) groups is 2. The second-order valence-corrected chi connectivity index (χ2v) is 8.54. The van der Waals surface area contributed by atoms with Crippen molar-refractivity contribution in [3.8, 4) is 11.5 Å². The Kier molecular flexibility index (Phi) is 7.15. The molecule has 0 bridgehead atoms. The minimum absolute atomic E-state index is 0.0951. The van der Waals surface area contributed by atoms with Gasteiger partial charge >= 0.3 is 0 Å². The molecular formula is C28H29N3O4. The number of ether oxygens (including phenoxy) is 2. The first kappa shape index (κ1) is 24.0. The molecule has 3 aromatic rings. The van der Waals surface area contributed by atoms with Gasteiger partial charge in [0, 0.05) is 24.6 Å². The third kappa shape index (κ3) is 5.35. The number of aryl methyl sites for hydroxylation is 1. The maximum atomic E-state index is 13.4. The third-order valence-corrected chi connectivity index (χ3v) is 6.09. The first-order valence-electron chi connectivity index (χ1n) is 11.4. The van der Waals surface area contributed by atoms with Crippen molar-refractivity contribution in [2.45, 2.75) is 19.4 Å². The van der Waals surface area contributed by atoms with Crippen LogP contribution in [0.1, 0.15) is 39.5 Å². The fourth-order valence-electron chi connectivity index (χ4n) is 4.07. The Morgan fingerprint density at radius 2 is 1.66 bits per heavy atom. The Hall–Kier alpha value is -4.13. The van der Waals surface area contributed by atoms with Crippen LogP contribution in [0.4, 0.5) is 0 Å². The van der Waals surface area contributed by atoms with Gasteiger partial charge in [-0.3, -0.25) is 9.59 Å². The van der Waals surface area contributed by atoms with E-state index in [9.17, 15) is 9.59 Å². The molecule has 1 aliphatic rings. The number of hydrogen-bond donors (Lipinski definition) is 0. The standard InChI is InChI=1S/C28H29N3O4/c1-19-8-10-20(11-9-19)26-17-25(22-6-5-7-24(16-22)35-4)29-31(26)27(32)18-30(2)28(33)21-12-14-23(34-3)15-13-21/h5-16,26H,17-18H2,1-4H3/t26-/m0/s1. The van der Waals surface area contributed by atoms with E-state index in [2.05, 4.69) is 0 Å². The van der Waals surface area contributed by atoms with Crippen LogP contribution >= 0.6 is 0 Å². The molecule has 7 nitrogen and oxygen atoms in total. The number of benzene rings is 3. The summed E-state index contributed by atoms with van der Waals surface area (Å²) < 4.78 is 10.5. The maximum Gasteiger partial charge on any atom is 0.262 e. The van der Waals surface area contributed by atoms with Crippen molar-refractivity contribution in [3.63, 3.8) is 0 Å². The first-order valence-corrected chi connectivity index (χ1v) is 11.4. The van der Waals surface area contributed by atoms with Crippen LogP contribution in [0.5, 0.6) is 11.5 Å². The molecule has 180 valence electrons. The smallest absolute Gasteiger partial charge is 0.262 e. The normalized spacial score (nSPS) is 14.9. The SMILES string of the molecule is COc1ccc(C(=O)N(C)CC(=O)N2N=C(c3cccc(OC)c3)C[C@H]2c2ccc(C)cc2)cc1. The van der Waals surface area contributed by atoms with Crippen LogP contribution in [0.3, 0.4) is 0 Å². The molecule has 3 aromatic carbocycles. The van der Waals surface area contributed by atoms with Gasteiger partial charge in [0.2, 0.25) is 0 Å². The van der Waals surface area contributed by atoms with Gasteiger partial charge in [-0.25, -0.2) is 5.01 Å². The zero-order valence-corrected chi connectivity index (χ0v) is 20.4. The average molecular weight is 472 g/mol. The zero-order chi connectivity index (χ0) is 24.9. The summed E-state index contributed by atoms with van der Waals surface area (Å²) in [7, 11) is 4.81. The number of nitrogens with zero attached hydrogens (tertiary/aromatic N) is 3. The van der Waals surface area contributed by atoms with E-state index in [1.807, 2.05) is 55.5 Å². The van der Waals surface area contributed by atoms with E-state index in [0.717, 1.165) is 28.2 Å². The highest BCUT2D eigenvalue weighted by atomic mass is 16.5. The molecular weight excluding hydrogens is 442 g/mol. The lowest BCUT2D eigenvalue weighted by atomic mass is 9.97. The fraction of sp³-hybridized carbons (Fsp3) is 0.250. The summed E-state index contributed by atoms with van der Waals surface area (Å²) in [5.74, 6) is 0.895. The van der Waals surface area contributed by atoms with Gasteiger partial charge in [0.1, 0.15) is 18.0 Å². The topological polar surface area (TPSA) is 71.4 Å². The Labute approximate surface area is 205 Å². The van der Waals surface area contributed by atoms with Gasteiger partial charge in [0.25, 0.3) is 11.8 Å². The van der Waals surface area contributed by atoms with Gasteiger partial charge in [-0.1, -0.05) is 42.0 Å². The van der Waals surface area contributed by atoms with Crippen molar-refractivity contribution in [2.24, 2.45) is 5.10 Å². The molecule has 0 spiro atoms. The minimum atomic E-state index is -0.256. The molecule has 0 saturated heterocycles. The number of amides is 2. The lowest BCUT2D eigenvalue weighted by molar-refractivity contribution is -0.133. The minimum Gasteiger partial charge on any atom is -0.497 e. The van der Waals surface area contributed by atoms with E-state index in [0.29, 0.717) is 17.7 Å². The Morgan fingerprint density at radius 3 is 2.31 bits per heavy atom. The summed E-state index contributed by atoms with van der Waals surface area (Å²) in [6, 6.07) is 22.3. The summed E-state index contributed by atoms with van der Waals surface area (Å²) in [4.78, 5) is 27.7. The van der Waals surface area contributed by atoms with Gasteiger partial charge in [-0.2, -0.15) is 5.10 Å². The predicted octanol–water partition coefficient (Wildman–Crippen LogP) is 4.46. The van der Waals surface area contributed by atoms with E-state index in [1.54, 1.807) is 45.5 Å². The van der Waals surface area contributed by atoms with Gasteiger partial charge in [-0.05, 0) is 48.9 Å². The Balaban J connectivity index is 1.58. The van der Waals surface area contributed by atoms with E-state index in [1.165, 1.54) is 9.91 Å². The van der Waals surface area contributed by atoms with E-state index >= 15 is 0 Å². The van der Waals surface area contributed by atoms with E-state index in [4.69, 9.17) is 14.6 Å². The predicted molar refractivity (Wildman–Crippen MR) is 135 cm³/mol. The molecule has 7 heteroatoms. The van der Waals surface area contributed by atoms with Crippen LogP contribution in [0.15, 0.2) is 77.9 Å². The van der Waals surface area contributed by atoms with Crippen LogP contribution in [-0.2, 0) is 4.79 Å².